The molecule has 0 aliphatic heterocycles. The number of carboxylic acids is 1. The Morgan fingerprint density at radius 1 is 1.60 bits per heavy atom. The van der Waals surface area contributed by atoms with E-state index in [1.54, 1.807) is 12.1 Å². The van der Waals surface area contributed by atoms with Crippen molar-refractivity contribution < 1.29 is 14.3 Å². The third kappa shape index (κ3) is 3.02. The fourth-order valence-corrected chi connectivity index (χ4v) is 1.33. The summed E-state index contributed by atoms with van der Waals surface area (Å²) in [5.74, 6) is -1.51. The Balaban J connectivity index is 2.88. The Morgan fingerprint density at radius 2 is 2.27 bits per heavy atom. The number of hydrogen-bond donors (Lipinski definition) is 2. The van der Waals surface area contributed by atoms with Crippen molar-refractivity contribution in [2.24, 2.45) is 5.73 Å². The number of nitrogens with two attached hydrogens (primary N) is 1. The predicted octanol–water partition coefficient (Wildman–Crippen LogP) is 1.34. The van der Waals surface area contributed by atoms with Crippen molar-refractivity contribution in [1.29, 1.82) is 0 Å². The summed E-state index contributed by atoms with van der Waals surface area (Å²) in [6, 6.07) is 3.65. The molecule has 15 heavy (non-hydrogen) atoms. The number of halogens is 1. The van der Waals surface area contributed by atoms with E-state index < -0.39 is 17.8 Å². The van der Waals surface area contributed by atoms with E-state index in [4.69, 9.17) is 10.8 Å². The summed E-state index contributed by atoms with van der Waals surface area (Å²) in [4.78, 5) is 10.5. The maximum atomic E-state index is 13.3. The second kappa shape index (κ2) is 4.89. The standard InChI is InChI=1S/C11H14FNO2/c1-2-7-3-4-9(12)8(5-7)6-10(13)11(14)15/h3-5,10H,2,6,13H2,1H3,(H,14,15). The molecule has 4 heteroatoms. The number of rotatable bonds is 4. The molecule has 82 valence electrons. The van der Waals surface area contributed by atoms with Gasteiger partial charge in [0.1, 0.15) is 11.9 Å². The van der Waals surface area contributed by atoms with E-state index >= 15 is 0 Å². The molecule has 0 heterocycles. The lowest BCUT2D eigenvalue weighted by atomic mass is 10.0. The Labute approximate surface area is 87.7 Å². The van der Waals surface area contributed by atoms with Gasteiger partial charge in [0.2, 0.25) is 0 Å². The van der Waals surface area contributed by atoms with Crippen LogP contribution in [0.1, 0.15) is 18.1 Å². The normalized spacial score (nSPS) is 12.5. The van der Waals surface area contributed by atoms with Gasteiger partial charge in [-0.25, -0.2) is 4.39 Å². The molecule has 0 bridgehead atoms. The monoisotopic (exact) mass is 211 g/mol. The molecule has 3 nitrogen and oxygen atoms in total. The van der Waals surface area contributed by atoms with E-state index in [1.165, 1.54) is 6.07 Å². The molecule has 0 fully saturated rings. The highest BCUT2D eigenvalue weighted by atomic mass is 19.1. The molecule has 0 spiro atoms. The van der Waals surface area contributed by atoms with Crippen molar-refractivity contribution in [3.05, 3.63) is 35.1 Å². The maximum Gasteiger partial charge on any atom is 0.320 e. The van der Waals surface area contributed by atoms with Gasteiger partial charge in [-0.05, 0) is 23.6 Å². The molecule has 0 amide bonds. The molecular formula is C11H14FNO2. The third-order valence-corrected chi connectivity index (χ3v) is 2.28. The second-order valence-corrected chi connectivity index (χ2v) is 3.43. The number of carboxylic acid groups (broad SMARTS) is 1. The number of carbonyl (C=O) groups is 1. The van der Waals surface area contributed by atoms with Crippen LogP contribution in [0, 0.1) is 5.82 Å². The van der Waals surface area contributed by atoms with E-state index in [9.17, 15) is 9.18 Å². The van der Waals surface area contributed by atoms with E-state index in [0.717, 1.165) is 12.0 Å². The van der Waals surface area contributed by atoms with E-state index in [1.807, 2.05) is 6.92 Å². The Bertz CT molecular complexity index is 366. The van der Waals surface area contributed by atoms with Gasteiger partial charge in [0.05, 0.1) is 0 Å². The number of hydrogen-bond acceptors (Lipinski definition) is 2. The summed E-state index contributed by atoms with van der Waals surface area (Å²) in [5.41, 5.74) is 6.68. The minimum absolute atomic E-state index is 0.0228. The van der Waals surface area contributed by atoms with Crippen molar-refractivity contribution in [2.75, 3.05) is 0 Å². The summed E-state index contributed by atoms with van der Waals surface area (Å²) >= 11 is 0. The molecule has 1 atom stereocenters. The van der Waals surface area contributed by atoms with Crippen molar-refractivity contribution in [1.82, 2.24) is 0 Å². The molecule has 0 aliphatic carbocycles. The van der Waals surface area contributed by atoms with Crippen molar-refractivity contribution in [3.63, 3.8) is 0 Å². The Hall–Kier alpha value is -1.42. The van der Waals surface area contributed by atoms with Gasteiger partial charge in [0.25, 0.3) is 0 Å². The quantitative estimate of drug-likeness (QED) is 0.790. The van der Waals surface area contributed by atoms with E-state index in [0.29, 0.717) is 5.56 Å². The third-order valence-electron chi connectivity index (χ3n) is 2.28. The van der Waals surface area contributed by atoms with Crippen LogP contribution < -0.4 is 5.73 Å². The Morgan fingerprint density at radius 3 is 2.80 bits per heavy atom. The highest BCUT2D eigenvalue weighted by Gasteiger charge is 2.14. The molecule has 0 aliphatic rings. The van der Waals surface area contributed by atoms with Crippen molar-refractivity contribution >= 4 is 5.97 Å². The number of aliphatic carboxylic acids is 1. The number of benzene rings is 1. The fraction of sp³-hybridized carbons (Fsp3) is 0.364. The lowest BCUT2D eigenvalue weighted by molar-refractivity contribution is -0.138. The average Bonchev–Trinajstić information content (AvgIpc) is 2.21. The van der Waals surface area contributed by atoms with Gasteiger partial charge in [-0.15, -0.1) is 0 Å². The zero-order valence-corrected chi connectivity index (χ0v) is 8.53. The maximum absolute atomic E-state index is 13.3. The molecule has 0 radical (unpaired) electrons. The van der Waals surface area contributed by atoms with Gasteiger partial charge in [0, 0.05) is 6.42 Å². The molecular weight excluding hydrogens is 197 g/mol. The smallest absolute Gasteiger partial charge is 0.320 e. The first-order valence-corrected chi connectivity index (χ1v) is 4.80. The molecule has 1 unspecified atom stereocenters. The largest absolute Gasteiger partial charge is 0.480 e. The van der Waals surface area contributed by atoms with E-state index in [2.05, 4.69) is 0 Å². The first-order chi connectivity index (χ1) is 7.04. The van der Waals surface area contributed by atoms with Crippen LogP contribution in [0.15, 0.2) is 18.2 Å². The van der Waals surface area contributed by atoms with Crippen LogP contribution in [-0.2, 0) is 17.6 Å². The summed E-state index contributed by atoms with van der Waals surface area (Å²) in [7, 11) is 0. The summed E-state index contributed by atoms with van der Waals surface area (Å²) in [6.07, 6.45) is 0.810. The summed E-state index contributed by atoms with van der Waals surface area (Å²) in [5, 5.41) is 8.61. The van der Waals surface area contributed by atoms with Crippen LogP contribution in [0.2, 0.25) is 0 Å². The molecule has 0 saturated carbocycles. The SMILES string of the molecule is CCc1ccc(F)c(CC(N)C(=O)O)c1. The van der Waals surface area contributed by atoms with Crippen LogP contribution in [0.3, 0.4) is 0 Å². The van der Waals surface area contributed by atoms with Crippen LogP contribution in [0.5, 0.6) is 0 Å². The van der Waals surface area contributed by atoms with Gasteiger partial charge in [0.15, 0.2) is 0 Å². The molecule has 1 rings (SSSR count). The zero-order valence-electron chi connectivity index (χ0n) is 8.53. The number of aryl methyl sites for hydroxylation is 1. The average molecular weight is 211 g/mol. The van der Waals surface area contributed by atoms with Crippen molar-refractivity contribution in [2.45, 2.75) is 25.8 Å². The molecule has 1 aromatic rings. The Kier molecular flexibility index (Phi) is 3.80. The highest BCUT2D eigenvalue weighted by molar-refractivity contribution is 5.73. The van der Waals surface area contributed by atoms with Gasteiger partial charge in [-0.1, -0.05) is 19.1 Å². The van der Waals surface area contributed by atoms with Crippen molar-refractivity contribution in [3.8, 4) is 0 Å². The summed E-state index contributed by atoms with van der Waals surface area (Å²) in [6.45, 7) is 1.95. The van der Waals surface area contributed by atoms with Gasteiger partial charge in [-0.2, -0.15) is 0 Å². The van der Waals surface area contributed by atoms with Crippen LogP contribution in [-0.4, -0.2) is 17.1 Å². The first-order valence-electron chi connectivity index (χ1n) is 4.80. The van der Waals surface area contributed by atoms with E-state index in [-0.39, 0.29) is 6.42 Å². The minimum Gasteiger partial charge on any atom is -0.480 e. The minimum atomic E-state index is -1.11. The molecule has 0 saturated heterocycles. The fourth-order valence-electron chi connectivity index (χ4n) is 1.33. The van der Waals surface area contributed by atoms with Gasteiger partial charge < -0.3 is 10.8 Å². The molecule has 0 aromatic heterocycles. The summed E-state index contributed by atoms with van der Waals surface area (Å²) < 4.78 is 13.3. The first kappa shape index (κ1) is 11.7. The predicted molar refractivity (Wildman–Crippen MR) is 55.1 cm³/mol. The van der Waals surface area contributed by atoms with Crippen LogP contribution in [0.25, 0.3) is 0 Å². The van der Waals surface area contributed by atoms with Gasteiger partial charge >= 0.3 is 5.97 Å². The highest BCUT2D eigenvalue weighted by Crippen LogP contribution is 2.12. The molecule has 1 aromatic carbocycles. The van der Waals surface area contributed by atoms with Gasteiger partial charge in [-0.3, -0.25) is 4.79 Å². The lowest BCUT2D eigenvalue weighted by Crippen LogP contribution is -2.32. The zero-order chi connectivity index (χ0) is 11.4. The second-order valence-electron chi connectivity index (χ2n) is 3.43. The molecule has 3 N–H and O–H groups in total. The topological polar surface area (TPSA) is 63.3 Å². The lowest BCUT2D eigenvalue weighted by Gasteiger charge is -2.08. The van der Waals surface area contributed by atoms with Crippen LogP contribution >= 0.6 is 0 Å². The van der Waals surface area contributed by atoms with Crippen LogP contribution in [0.4, 0.5) is 4.39 Å².